The van der Waals surface area contributed by atoms with Crippen LogP contribution in [0.5, 0.6) is 0 Å². The largest absolute Gasteiger partial charge is 0.336 e. The molecule has 1 aliphatic heterocycles. The standard InChI is InChI=1S/C17H15ClN4O3S/c18-16-11-13(5-6-20-16)17(23)21-7-9-22(10-8-21)26(24,25)15-4-2-1-3-14(15)12-19/h1-6,11H,7-10H2. The van der Waals surface area contributed by atoms with Gasteiger partial charge in [-0.05, 0) is 24.3 Å². The molecule has 0 N–H and O–H groups in total. The molecule has 1 fully saturated rings. The number of rotatable bonds is 3. The first-order chi connectivity index (χ1) is 12.4. The summed E-state index contributed by atoms with van der Waals surface area (Å²) in [7, 11) is -3.78. The number of nitrogens with zero attached hydrogens (tertiary/aromatic N) is 4. The molecule has 0 bridgehead atoms. The van der Waals surface area contributed by atoms with Gasteiger partial charge in [0.05, 0.1) is 10.5 Å². The predicted octanol–water partition coefficient (Wildman–Crippen LogP) is 1.75. The lowest BCUT2D eigenvalue weighted by atomic mass is 10.2. The lowest BCUT2D eigenvalue weighted by Crippen LogP contribution is -2.50. The van der Waals surface area contributed by atoms with E-state index in [1.54, 1.807) is 23.1 Å². The molecule has 7 nitrogen and oxygen atoms in total. The summed E-state index contributed by atoms with van der Waals surface area (Å²) in [5, 5.41) is 9.37. The van der Waals surface area contributed by atoms with Crippen molar-refractivity contribution in [1.82, 2.24) is 14.2 Å². The van der Waals surface area contributed by atoms with Crippen LogP contribution >= 0.6 is 11.6 Å². The maximum Gasteiger partial charge on any atom is 0.254 e. The predicted molar refractivity (Wildman–Crippen MR) is 95.1 cm³/mol. The number of carbonyl (C=O) groups is 1. The Morgan fingerprint density at radius 3 is 2.50 bits per heavy atom. The molecule has 2 heterocycles. The molecular weight excluding hydrogens is 376 g/mol. The average Bonchev–Trinajstić information content (AvgIpc) is 2.67. The van der Waals surface area contributed by atoms with Crippen LogP contribution in [0.15, 0.2) is 47.5 Å². The number of sulfonamides is 1. The highest BCUT2D eigenvalue weighted by atomic mass is 35.5. The Morgan fingerprint density at radius 2 is 1.85 bits per heavy atom. The number of amides is 1. The maximum atomic E-state index is 12.8. The molecule has 0 spiro atoms. The van der Waals surface area contributed by atoms with Crippen molar-refractivity contribution in [2.24, 2.45) is 0 Å². The summed E-state index contributed by atoms with van der Waals surface area (Å²) in [5.41, 5.74) is 0.522. The average molecular weight is 391 g/mol. The Labute approximate surface area is 156 Å². The molecule has 0 aliphatic carbocycles. The molecule has 9 heteroatoms. The lowest BCUT2D eigenvalue weighted by molar-refractivity contribution is 0.0697. The Bertz CT molecular complexity index is 979. The first-order valence-electron chi connectivity index (χ1n) is 7.83. The third-order valence-electron chi connectivity index (χ3n) is 4.12. The van der Waals surface area contributed by atoms with Crippen LogP contribution in [0.4, 0.5) is 0 Å². The van der Waals surface area contributed by atoms with Crippen LogP contribution in [0.1, 0.15) is 15.9 Å². The molecule has 1 aromatic heterocycles. The number of aromatic nitrogens is 1. The van der Waals surface area contributed by atoms with Crippen molar-refractivity contribution < 1.29 is 13.2 Å². The first-order valence-corrected chi connectivity index (χ1v) is 9.65. The number of carbonyl (C=O) groups excluding carboxylic acids is 1. The van der Waals surface area contributed by atoms with E-state index in [0.29, 0.717) is 5.56 Å². The molecule has 1 aromatic carbocycles. The van der Waals surface area contributed by atoms with Crippen LogP contribution in [-0.2, 0) is 10.0 Å². The highest BCUT2D eigenvalue weighted by Crippen LogP contribution is 2.21. The SMILES string of the molecule is N#Cc1ccccc1S(=O)(=O)N1CCN(C(=O)c2ccnc(Cl)c2)CC1. The lowest BCUT2D eigenvalue weighted by Gasteiger charge is -2.34. The number of nitriles is 1. The molecule has 0 atom stereocenters. The Balaban J connectivity index is 1.74. The molecule has 1 amide bonds. The fourth-order valence-electron chi connectivity index (χ4n) is 2.77. The van der Waals surface area contributed by atoms with Crippen LogP contribution < -0.4 is 0 Å². The Morgan fingerprint density at radius 1 is 1.15 bits per heavy atom. The number of piperazine rings is 1. The molecule has 3 rings (SSSR count). The topological polar surface area (TPSA) is 94.4 Å². The van der Waals surface area contributed by atoms with Crippen molar-refractivity contribution in [3.05, 3.63) is 58.9 Å². The first kappa shape index (κ1) is 18.3. The van der Waals surface area contributed by atoms with Gasteiger partial charge >= 0.3 is 0 Å². The summed E-state index contributed by atoms with van der Waals surface area (Å²) in [6.07, 6.45) is 1.45. The van der Waals surface area contributed by atoms with Gasteiger partial charge in [-0.2, -0.15) is 9.57 Å². The van der Waals surface area contributed by atoms with E-state index >= 15 is 0 Å². The molecule has 2 aromatic rings. The van der Waals surface area contributed by atoms with Crippen molar-refractivity contribution in [3.8, 4) is 6.07 Å². The summed E-state index contributed by atoms with van der Waals surface area (Å²) in [4.78, 5) is 17.9. The number of pyridine rings is 1. The molecule has 26 heavy (non-hydrogen) atoms. The summed E-state index contributed by atoms with van der Waals surface area (Å²) in [5.74, 6) is -0.219. The van der Waals surface area contributed by atoms with Crippen molar-refractivity contribution in [2.45, 2.75) is 4.90 Å². The van der Waals surface area contributed by atoms with Crippen LogP contribution in [0, 0.1) is 11.3 Å². The smallest absolute Gasteiger partial charge is 0.254 e. The van der Waals surface area contributed by atoms with Crippen LogP contribution in [-0.4, -0.2) is 54.7 Å². The van der Waals surface area contributed by atoms with Gasteiger partial charge in [-0.1, -0.05) is 23.7 Å². The minimum atomic E-state index is -3.78. The van der Waals surface area contributed by atoms with Gasteiger partial charge in [-0.3, -0.25) is 4.79 Å². The molecule has 134 valence electrons. The third-order valence-corrected chi connectivity index (χ3v) is 6.29. The van der Waals surface area contributed by atoms with Gasteiger partial charge in [0.2, 0.25) is 10.0 Å². The highest BCUT2D eigenvalue weighted by Gasteiger charge is 2.31. The number of halogens is 1. The van der Waals surface area contributed by atoms with E-state index in [1.165, 1.54) is 28.7 Å². The zero-order valence-corrected chi connectivity index (χ0v) is 15.2. The van der Waals surface area contributed by atoms with Gasteiger partial charge < -0.3 is 4.90 Å². The molecule has 0 unspecified atom stereocenters. The number of hydrogen-bond acceptors (Lipinski definition) is 5. The maximum absolute atomic E-state index is 12.8. The van der Waals surface area contributed by atoms with Crippen molar-refractivity contribution in [3.63, 3.8) is 0 Å². The van der Waals surface area contributed by atoms with E-state index in [9.17, 15) is 13.2 Å². The summed E-state index contributed by atoms with van der Waals surface area (Å²) >= 11 is 5.81. The van der Waals surface area contributed by atoms with Crippen LogP contribution in [0.3, 0.4) is 0 Å². The monoisotopic (exact) mass is 390 g/mol. The van der Waals surface area contributed by atoms with Gasteiger partial charge in [0, 0.05) is 37.9 Å². The van der Waals surface area contributed by atoms with Gasteiger partial charge in [0.1, 0.15) is 11.2 Å². The normalized spacial score (nSPS) is 15.5. The van der Waals surface area contributed by atoms with E-state index in [2.05, 4.69) is 4.98 Å². The number of hydrogen-bond donors (Lipinski definition) is 0. The number of benzene rings is 1. The zero-order chi connectivity index (χ0) is 18.7. The third kappa shape index (κ3) is 3.55. The summed E-state index contributed by atoms with van der Waals surface area (Å²) < 4.78 is 26.9. The second kappa shape index (κ2) is 7.41. The molecule has 0 saturated carbocycles. The molecule has 1 saturated heterocycles. The minimum absolute atomic E-state index is 0.0109. The van der Waals surface area contributed by atoms with Crippen molar-refractivity contribution in [1.29, 1.82) is 5.26 Å². The van der Waals surface area contributed by atoms with Gasteiger partial charge in [-0.25, -0.2) is 13.4 Å². The van der Waals surface area contributed by atoms with Crippen LogP contribution in [0.2, 0.25) is 5.15 Å². The van der Waals surface area contributed by atoms with Gasteiger partial charge in [0.25, 0.3) is 5.91 Å². The van der Waals surface area contributed by atoms with Crippen LogP contribution in [0.25, 0.3) is 0 Å². The Kier molecular flexibility index (Phi) is 5.23. The van der Waals surface area contributed by atoms with Crippen molar-refractivity contribution in [2.75, 3.05) is 26.2 Å². The zero-order valence-electron chi connectivity index (χ0n) is 13.7. The Hall–Kier alpha value is -2.47. The highest BCUT2D eigenvalue weighted by molar-refractivity contribution is 7.89. The van der Waals surface area contributed by atoms with Crippen molar-refractivity contribution >= 4 is 27.5 Å². The van der Waals surface area contributed by atoms with E-state index in [-0.39, 0.29) is 47.7 Å². The molecule has 1 aliphatic rings. The van der Waals surface area contributed by atoms with E-state index in [4.69, 9.17) is 16.9 Å². The fourth-order valence-corrected chi connectivity index (χ4v) is 4.51. The van der Waals surface area contributed by atoms with Gasteiger partial charge in [-0.15, -0.1) is 0 Å². The minimum Gasteiger partial charge on any atom is -0.336 e. The second-order valence-corrected chi connectivity index (χ2v) is 7.97. The quantitative estimate of drug-likeness (QED) is 0.744. The fraction of sp³-hybridized carbons (Fsp3) is 0.235. The van der Waals surface area contributed by atoms with E-state index in [0.717, 1.165) is 0 Å². The second-order valence-electron chi connectivity index (χ2n) is 5.67. The van der Waals surface area contributed by atoms with E-state index < -0.39 is 10.0 Å². The molecular formula is C17H15ClN4O3S. The van der Waals surface area contributed by atoms with E-state index in [1.807, 2.05) is 6.07 Å². The summed E-state index contributed by atoms with van der Waals surface area (Å²) in [6, 6.07) is 11.1. The van der Waals surface area contributed by atoms with Gasteiger partial charge in [0.15, 0.2) is 0 Å². The molecule has 0 radical (unpaired) electrons. The summed E-state index contributed by atoms with van der Waals surface area (Å²) in [6.45, 7) is 0.832.